The monoisotopic (exact) mass is 367 g/mol. The van der Waals surface area contributed by atoms with Crippen LogP contribution in [-0.2, 0) is 4.79 Å². The van der Waals surface area contributed by atoms with Crippen molar-refractivity contribution < 1.29 is 14.6 Å². The maximum absolute atomic E-state index is 11.1. The van der Waals surface area contributed by atoms with Gasteiger partial charge in [-0.1, -0.05) is 30.3 Å². The zero-order chi connectivity index (χ0) is 18.5. The average Bonchev–Trinajstić information content (AvgIpc) is 3.03. The van der Waals surface area contributed by atoms with E-state index in [1.165, 1.54) is 0 Å². The van der Waals surface area contributed by atoms with Crippen molar-refractivity contribution in [1.82, 2.24) is 4.98 Å². The third-order valence-electron chi connectivity index (χ3n) is 3.79. The molecule has 0 unspecified atom stereocenters. The molecule has 1 N–H and O–H groups in total. The van der Waals surface area contributed by atoms with Gasteiger partial charge in [0.1, 0.15) is 10.8 Å². The van der Waals surface area contributed by atoms with E-state index in [4.69, 9.17) is 14.8 Å². The Balaban J connectivity index is 2.03. The number of carboxylic acids is 1. The van der Waals surface area contributed by atoms with Gasteiger partial charge in [-0.2, -0.15) is 0 Å². The largest absolute Gasteiger partial charge is 0.490 e. The number of para-hydroxylation sites is 2. The highest BCUT2D eigenvalue weighted by atomic mass is 32.1. The van der Waals surface area contributed by atoms with Crippen LogP contribution < -0.4 is 4.74 Å². The minimum absolute atomic E-state index is 0.0643. The van der Waals surface area contributed by atoms with E-state index in [0.29, 0.717) is 6.42 Å². The highest BCUT2D eigenvalue weighted by Crippen LogP contribution is 2.32. The Morgan fingerprint density at radius 1 is 1.15 bits per heavy atom. The van der Waals surface area contributed by atoms with Crippen LogP contribution in [0.3, 0.4) is 0 Å². The highest BCUT2D eigenvalue weighted by molar-refractivity contribution is 7.19. The summed E-state index contributed by atoms with van der Waals surface area (Å²) < 4.78 is 6.98. The number of hydrogen-bond acceptors (Lipinski definition) is 4. The van der Waals surface area contributed by atoms with E-state index in [9.17, 15) is 4.79 Å². The Morgan fingerprint density at radius 3 is 2.62 bits per heavy atom. The molecule has 26 heavy (non-hydrogen) atoms. The fraction of sp³-hybridized carbons (Fsp3) is 0.238. The molecule has 3 aromatic rings. The predicted octanol–water partition coefficient (Wildman–Crippen LogP) is 5.49. The number of aromatic nitrogens is 1. The number of allylic oxidation sites excluding steroid dienone is 1. The van der Waals surface area contributed by atoms with Crippen molar-refractivity contribution in [3.8, 4) is 5.75 Å². The normalized spacial score (nSPS) is 11.9. The summed E-state index contributed by atoms with van der Waals surface area (Å²) in [7, 11) is 0. The topological polar surface area (TPSA) is 59.4 Å². The van der Waals surface area contributed by atoms with Crippen molar-refractivity contribution in [2.45, 2.75) is 32.8 Å². The summed E-state index contributed by atoms with van der Waals surface area (Å²) in [5, 5.41) is 9.97. The number of ether oxygens (including phenoxy) is 1. The molecular weight excluding hydrogens is 346 g/mol. The molecule has 134 valence electrons. The minimum Gasteiger partial charge on any atom is -0.490 e. The summed E-state index contributed by atoms with van der Waals surface area (Å²) in [4.78, 5) is 15.8. The number of benzene rings is 2. The zero-order valence-corrected chi connectivity index (χ0v) is 15.6. The van der Waals surface area contributed by atoms with Gasteiger partial charge in [0.05, 0.1) is 16.3 Å². The van der Waals surface area contributed by atoms with Crippen LogP contribution in [0.2, 0.25) is 0 Å². The van der Waals surface area contributed by atoms with Gasteiger partial charge in [0.2, 0.25) is 0 Å². The first-order chi connectivity index (χ1) is 12.5. The molecule has 0 radical (unpaired) electrons. The second-order valence-corrected chi connectivity index (χ2v) is 7.29. The molecule has 0 aliphatic carbocycles. The lowest BCUT2D eigenvalue weighted by Gasteiger charge is -2.13. The summed E-state index contributed by atoms with van der Waals surface area (Å²) in [5.74, 6) is -0.0276. The summed E-state index contributed by atoms with van der Waals surface area (Å²) in [6, 6.07) is 15.7. The molecule has 1 heterocycles. The van der Waals surface area contributed by atoms with Crippen molar-refractivity contribution in [1.29, 1.82) is 0 Å². The van der Waals surface area contributed by atoms with E-state index in [0.717, 1.165) is 32.1 Å². The standard InChI is InChI=1S/C21H21NO3S/c1-14(2)25-18-9-5-3-7-15(18)13-16(11-12-20(23)24)21-22-17-8-4-6-10-19(17)26-21/h3-10,13-14H,11-12H2,1-2H3,(H,23,24)/b16-13+. The van der Waals surface area contributed by atoms with Crippen LogP contribution in [0.25, 0.3) is 21.9 Å². The first kappa shape index (κ1) is 18.1. The Labute approximate surface area is 156 Å². The van der Waals surface area contributed by atoms with Crippen molar-refractivity contribution >= 4 is 39.2 Å². The number of aliphatic carboxylic acids is 1. The molecule has 3 rings (SSSR count). The molecular formula is C21H21NO3S. The van der Waals surface area contributed by atoms with Gasteiger partial charge in [0.15, 0.2) is 0 Å². The van der Waals surface area contributed by atoms with Gasteiger partial charge in [-0.3, -0.25) is 4.79 Å². The fourth-order valence-corrected chi connectivity index (χ4v) is 3.65. The third kappa shape index (κ3) is 4.49. The van der Waals surface area contributed by atoms with Crippen molar-refractivity contribution in [3.63, 3.8) is 0 Å². The summed E-state index contributed by atoms with van der Waals surface area (Å²) >= 11 is 1.58. The lowest BCUT2D eigenvalue weighted by atomic mass is 10.1. The van der Waals surface area contributed by atoms with E-state index in [1.54, 1.807) is 11.3 Å². The number of hydrogen-bond donors (Lipinski definition) is 1. The van der Waals surface area contributed by atoms with E-state index in [2.05, 4.69) is 0 Å². The third-order valence-corrected chi connectivity index (χ3v) is 4.90. The molecule has 0 bridgehead atoms. The van der Waals surface area contributed by atoms with Gasteiger partial charge in [-0.15, -0.1) is 11.3 Å². The average molecular weight is 367 g/mol. The van der Waals surface area contributed by atoms with E-state index >= 15 is 0 Å². The first-order valence-electron chi connectivity index (χ1n) is 8.57. The number of fused-ring (bicyclic) bond motifs is 1. The maximum atomic E-state index is 11.1. The van der Waals surface area contributed by atoms with Crippen LogP contribution in [0.4, 0.5) is 0 Å². The molecule has 0 fully saturated rings. The molecule has 0 aliphatic heterocycles. The number of rotatable bonds is 7. The molecule has 4 nitrogen and oxygen atoms in total. The maximum Gasteiger partial charge on any atom is 0.303 e. The van der Waals surface area contributed by atoms with Crippen molar-refractivity contribution in [3.05, 3.63) is 59.1 Å². The summed E-state index contributed by atoms with van der Waals surface area (Å²) in [5.41, 5.74) is 2.77. The van der Waals surface area contributed by atoms with Gasteiger partial charge in [0, 0.05) is 12.0 Å². The van der Waals surface area contributed by atoms with Crippen LogP contribution in [-0.4, -0.2) is 22.2 Å². The minimum atomic E-state index is -0.816. The van der Waals surface area contributed by atoms with Gasteiger partial charge < -0.3 is 9.84 Å². The molecule has 0 saturated heterocycles. The van der Waals surface area contributed by atoms with E-state index in [-0.39, 0.29) is 12.5 Å². The lowest BCUT2D eigenvalue weighted by molar-refractivity contribution is -0.136. The molecule has 0 atom stereocenters. The Morgan fingerprint density at radius 2 is 1.88 bits per heavy atom. The van der Waals surface area contributed by atoms with Gasteiger partial charge in [-0.05, 0) is 50.1 Å². The molecule has 0 amide bonds. The quantitative estimate of drug-likeness (QED) is 0.600. The van der Waals surface area contributed by atoms with E-state index < -0.39 is 5.97 Å². The Kier molecular flexibility index (Phi) is 5.68. The lowest BCUT2D eigenvalue weighted by Crippen LogP contribution is -2.06. The predicted molar refractivity (Wildman–Crippen MR) is 107 cm³/mol. The number of carbonyl (C=O) groups is 1. The number of thiazole rings is 1. The molecule has 2 aromatic carbocycles. The van der Waals surface area contributed by atoms with Crippen LogP contribution in [0.5, 0.6) is 5.75 Å². The fourth-order valence-electron chi connectivity index (χ4n) is 2.64. The zero-order valence-electron chi connectivity index (χ0n) is 14.8. The van der Waals surface area contributed by atoms with Crippen LogP contribution in [0.1, 0.15) is 37.3 Å². The van der Waals surface area contributed by atoms with Crippen LogP contribution >= 0.6 is 11.3 Å². The Hall–Kier alpha value is -2.66. The van der Waals surface area contributed by atoms with Crippen LogP contribution in [0, 0.1) is 0 Å². The van der Waals surface area contributed by atoms with Crippen molar-refractivity contribution in [2.24, 2.45) is 0 Å². The number of carboxylic acid groups (broad SMARTS) is 1. The molecule has 1 aromatic heterocycles. The van der Waals surface area contributed by atoms with Gasteiger partial charge in [-0.25, -0.2) is 4.98 Å². The second kappa shape index (κ2) is 8.15. The molecule has 0 saturated carbocycles. The summed E-state index contributed by atoms with van der Waals surface area (Å²) in [6.45, 7) is 3.97. The number of nitrogens with zero attached hydrogens (tertiary/aromatic N) is 1. The molecule has 0 aliphatic rings. The SMILES string of the molecule is CC(C)Oc1ccccc1/C=C(\CCC(=O)O)c1nc2ccccc2s1. The first-order valence-corrected chi connectivity index (χ1v) is 9.38. The van der Waals surface area contributed by atoms with Crippen molar-refractivity contribution in [2.75, 3.05) is 0 Å². The Bertz CT molecular complexity index is 910. The molecule has 5 heteroatoms. The smallest absolute Gasteiger partial charge is 0.303 e. The summed E-state index contributed by atoms with van der Waals surface area (Å²) in [6.07, 6.45) is 2.55. The second-order valence-electron chi connectivity index (χ2n) is 6.25. The van der Waals surface area contributed by atoms with E-state index in [1.807, 2.05) is 68.5 Å². The highest BCUT2D eigenvalue weighted by Gasteiger charge is 2.12. The molecule has 0 spiro atoms. The van der Waals surface area contributed by atoms with Crippen LogP contribution in [0.15, 0.2) is 48.5 Å². The van der Waals surface area contributed by atoms with Gasteiger partial charge in [0.25, 0.3) is 0 Å². The van der Waals surface area contributed by atoms with Gasteiger partial charge >= 0.3 is 5.97 Å².